The summed E-state index contributed by atoms with van der Waals surface area (Å²) in [7, 11) is 0. The standard InChI is InChI=1S/C8H15NO2/c1-7(10)9-4-5-11-6-8-2-3-8/h8H,2-6H2,1H3,(H,9,10). The summed E-state index contributed by atoms with van der Waals surface area (Å²) >= 11 is 0. The van der Waals surface area contributed by atoms with Crippen molar-refractivity contribution in [1.29, 1.82) is 0 Å². The summed E-state index contributed by atoms with van der Waals surface area (Å²) in [6, 6.07) is 0. The Bertz CT molecular complexity index is 132. The topological polar surface area (TPSA) is 38.3 Å². The number of hydrogen-bond acceptors (Lipinski definition) is 2. The van der Waals surface area contributed by atoms with Gasteiger partial charge in [-0.2, -0.15) is 0 Å². The number of ether oxygens (including phenoxy) is 1. The fourth-order valence-corrected chi connectivity index (χ4v) is 0.834. The van der Waals surface area contributed by atoms with Gasteiger partial charge >= 0.3 is 0 Å². The van der Waals surface area contributed by atoms with Gasteiger partial charge in [0.2, 0.25) is 5.91 Å². The Morgan fingerprint density at radius 1 is 1.64 bits per heavy atom. The van der Waals surface area contributed by atoms with Crippen LogP contribution in [0.4, 0.5) is 0 Å². The van der Waals surface area contributed by atoms with E-state index < -0.39 is 0 Å². The number of rotatable bonds is 5. The molecule has 64 valence electrons. The van der Waals surface area contributed by atoms with Crippen LogP contribution in [-0.2, 0) is 9.53 Å². The fraction of sp³-hybridized carbons (Fsp3) is 0.875. The minimum atomic E-state index is 0.0139. The Morgan fingerprint density at radius 2 is 2.36 bits per heavy atom. The lowest BCUT2D eigenvalue weighted by atomic mass is 10.5. The molecule has 0 saturated heterocycles. The van der Waals surface area contributed by atoms with Crippen LogP contribution in [0.5, 0.6) is 0 Å². The maximum absolute atomic E-state index is 10.4. The van der Waals surface area contributed by atoms with Crippen molar-refractivity contribution in [3.8, 4) is 0 Å². The molecule has 0 atom stereocenters. The van der Waals surface area contributed by atoms with Crippen molar-refractivity contribution in [3.63, 3.8) is 0 Å². The Hall–Kier alpha value is -0.570. The van der Waals surface area contributed by atoms with Crippen LogP contribution in [0.25, 0.3) is 0 Å². The smallest absolute Gasteiger partial charge is 0.216 e. The molecule has 1 aliphatic carbocycles. The molecular formula is C8H15NO2. The zero-order chi connectivity index (χ0) is 8.10. The maximum atomic E-state index is 10.4. The molecule has 0 spiro atoms. The van der Waals surface area contributed by atoms with Gasteiger partial charge in [0.25, 0.3) is 0 Å². The summed E-state index contributed by atoms with van der Waals surface area (Å²) in [5.74, 6) is 0.826. The normalized spacial score (nSPS) is 16.5. The van der Waals surface area contributed by atoms with Crippen molar-refractivity contribution in [3.05, 3.63) is 0 Å². The van der Waals surface area contributed by atoms with E-state index in [-0.39, 0.29) is 5.91 Å². The molecule has 3 heteroatoms. The van der Waals surface area contributed by atoms with Crippen LogP contribution in [0.2, 0.25) is 0 Å². The molecule has 0 unspecified atom stereocenters. The molecule has 0 heterocycles. The summed E-state index contributed by atoms with van der Waals surface area (Å²) in [6.07, 6.45) is 2.64. The van der Waals surface area contributed by atoms with Crippen LogP contribution < -0.4 is 5.32 Å². The summed E-state index contributed by atoms with van der Waals surface area (Å²) < 4.78 is 5.29. The van der Waals surface area contributed by atoms with Crippen molar-refractivity contribution in [1.82, 2.24) is 5.32 Å². The number of nitrogens with one attached hydrogen (secondary N) is 1. The Kier molecular flexibility index (Phi) is 3.36. The van der Waals surface area contributed by atoms with Gasteiger partial charge in [0.15, 0.2) is 0 Å². The second-order valence-corrected chi connectivity index (χ2v) is 3.00. The Balaban J connectivity index is 1.76. The SMILES string of the molecule is CC(=O)NCCOCC1CC1. The van der Waals surface area contributed by atoms with Crippen molar-refractivity contribution < 1.29 is 9.53 Å². The minimum absolute atomic E-state index is 0.0139. The second-order valence-electron chi connectivity index (χ2n) is 3.00. The third kappa shape index (κ3) is 4.79. The third-order valence-corrected chi connectivity index (χ3v) is 1.67. The number of carbonyl (C=O) groups excluding carboxylic acids is 1. The van der Waals surface area contributed by atoms with Crippen molar-refractivity contribution in [2.75, 3.05) is 19.8 Å². The van der Waals surface area contributed by atoms with Gasteiger partial charge in [-0.25, -0.2) is 0 Å². The monoisotopic (exact) mass is 157 g/mol. The third-order valence-electron chi connectivity index (χ3n) is 1.67. The Morgan fingerprint density at radius 3 is 2.91 bits per heavy atom. The highest BCUT2D eigenvalue weighted by molar-refractivity contribution is 5.72. The molecule has 0 aliphatic heterocycles. The van der Waals surface area contributed by atoms with Crippen molar-refractivity contribution in [2.24, 2.45) is 5.92 Å². The number of carbonyl (C=O) groups is 1. The molecule has 3 nitrogen and oxygen atoms in total. The van der Waals surface area contributed by atoms with Gasteiger partial charge in [-0.05, 0) is 18.8 Å². The molecule has 0 aromatic rings. The van der Waals surface area contributed by atoms with Crippen LogP contribution in [0.3, 0.4) is 0 Å². The molecule has 0 aromatic carbocycles. The molecule has 0 bridgehead atoms. The Labute approximate surface area is 67.1 Å². The van der Waals surface area contributed by atoms with E-state index in [0.29, 0.717) is 13.2 Å². The lowest BCUT2D eigenvalue weighted by Gasteiger charge is -2.02. The first kappa shape index (κ1) is 8.53. The van der Waals surface area contributed by atoms with Crippen LogP contribution in [0.15, 0.2) is 0 Å². The van der Waals surface area contributed by atoms with Gasteiger partial charge in [-0.3, -0.25) is 4.79 Å². The van der Waals surface area contributed by atoms with Gasteiger partial charge in [0.05, 0.1) is 6.61 Å². The first-order chi connectivity index (χ1) is 5.29. The molecule has 1 fully saturated rings. The molecule has 11 heavy (non-hydrogen) atoms. The molecule has 0 aromatic heterocycles. The zero-order valence-electron chi connectivity index (χ0n) is 6.93. The summed E-state index contributed by atoms with van der Waals surface area (Å²) in [4.78, 5) is 10.4. The van der Waals surface area contributed by atoms with E-state index in [1.165, 1.54) is 19.8 Å². The van der Waals surface area contributed by atoms with Gasteiger partial charge < -0.3 is 10.1 Å². The zero-order valence-corrected chi connectivity index (χ0v) is 6.93. The highest BCUT2D eigenvalue weighted by Gasteiger charge is 2.20. The molecule has 1 amide bonds. The highest BCUT2D eigenvalue weighted by atomic mass is 16.5. The van der Waals surface area contributed by atoms with E-state index in [2.05, 4.69) is 5.32 Å². The minimum Gasteiger partial charge on any atom is -0.379 e. The van der Waals surface area contributed by atoms with Crippen molar-refractivity contribution >= 4 is 5.91 Å². The maximum Gasteiger partial charge on any atom is 0.216 e. The van der Waals surface area contributed by atoms with E-state index >= 15 is 0 Å². The van der Waals surface area contributed by atoms with Crippen LogP contribution in [-0.4, -0.2) is 25.7 Å². The quantitative estimate of drug-likeness (QED) is 0.592. The van der Waals surface area contributed by atoms with E-state index in [1.807, 2.05) is 0 Å². The van der Waals surface area contributed by atoms with E-state index in [9.17, 15) is 4.79 Å². The largest absolute Gasteiger partial charge is 0.379 e. The predicted molar refractivity (Wildman–Crippen MR) is 42.2 cm³/mol. The molecule has 0 radical (unpaired) electrons. The van der Waals surface area contributed by atoms with Gasteiger partial charge in [-0.15, -0.1) is 0 Å². The number of hydrogen-bond donors (Lipinski definition) is 1. The van der Waals surface area contributed by atoms with Crippen LogP contribution in [0.1, 0.15) is 19.8 Å². The molecule has 1 rings (SSSR count). The molecule has 1 saturated carbocycles. The second kappa shape index (κ2) is 4.34. The lowest BCUT2D eigenvalue weighted by molar-refractivity contribution is -0.119. The summed E-state index contributed by atoms with van der Waals surface area (Å²) in [6.45, 7) is 3.68. The van der Waals surface area contributed by atoms with Gasteiger partial charge in [0, 0.05) is 20.1 Å². The van der Waals surface area contributed by atoms with E-state index in [0.717, 1.165) is 12.5 Å². The average molecular weight is 157 g/mol. The molecule has 1 N–H and O–H groups in total. The van der Waals surface area contributed by atoms with Crippen LogP contribution >= 0.6 is 0 Å². The average Bonchev–Trinajstić information content (AvgIpc) is 2.70. The van der Waals surface area contributed by atoms with Gasteiger partial charge in [0.1, 0.15) is 0 Å². The van der Waals surface area contributed by atoms with Gasteiger partial charge in [-0.1, -0.05) is 0 Å². The lowest BCUT2D eigenvalue weighted by Crippen LogP contribution is -2.24. The number of amides is 1. The highest BCUT2D eigenvalue weighted by Crippen LogP contribution is 2.28. The first-order valence-electron chi connectivity index (χ1n) is 4.11. The first-order valence-corrected chi connectivity index (χ1v) is 4.11. The van der Waals surface area contributed by atoms with E-state index in [4.69, 9.17) is 4.74 Å². The van der Waals surface area contributed by atoms with Crippen LogP contribution in [0, 0.1) is 5.92 Å². The van der Waals surface area contributed by atoms with Crippen molar-refractivity contribution in [2.45, 2.75) is 19.8 Å². The fourth-order valence-electron chi connectivity index (χ4n) is 0.834. The summed E-state index contributed by atoms with van der Waals surface area (Å²) in [5, 5.41) is 2.68. The molecule has 1 aliphatic rings. The summed E-state index contributed by atoms with van der Waals surface area (Å²) in [5.41, 5.74) is 0. The molecular weight excluding hydrogens is 142 g/mol. The van der Waals surface area contributed by atoms with E-state index in [1.54, 1.807) is 0 Å². The predicted octanol–water partition coefficient (Wildman–Crippen LogP) is 0.549.